The number of benzene rings is 1. The molecule has 4 rings (SSSR count). The van der Waals surface area contributed by atoms with Crippen LogP contribution in [0.5, 0.6) is 0 Å². The smallest absolute Gasteiger partial charge is 0.204 e. The minimum absolute atomic E-state index is 0.195. The number of aryl methyl sites for hydroxylation is 1. The summed E-state index contributed by atoms with van der Waals surface area (Å²) >= 11 is 0. The van der Waals surface area contributed by atoms with Gasteiger partial charge in [-0.05, 0) is 49.1 Å². The normalized spacial score (nSPS) is 17.6. The Balaban J connectivity index is 1.54. The Bertz CT molecular complexity index is 837. The fourth-order valence-corrected chi connectivity index (χ4v) is 3.05. The fraction of sp³-hybridized carbons (Fsp3) is 0.368. The van der Waals surface area contributed by atoms with Crippen LogP contribution in [0.4, 0.5) is 0 Å². The molecule has 0 N–H and O–H groups in total. The van der Waals surface area contributed by atoms with Crippen molar-refractivity contribution >= 4 is 0 Å². The summed E-state index contributed by atoms with van der Waals surface area (Å²) in [5.41, 5.74) is 4.13. The summed E-state index contributed by atoms with van der Waals surface area (Å²) < 4.78 is 5.75. The fourth-order valence-electron chi connectivity index (χ4n) is 3.05. The van der Waals surface area contributed by atoms with Crippen LogP contribution in [0, 0.1) is 6.92 Å². The monoisotopic (exact) mass is 335 g/mol. The first kappa shape index (κ1) is 15.9. The number of ether oxygens (including phenoxy) is 1. The van der Waals surface area contributed by atoms with Crippen LogP contribution in [0.2, 0.25) is 0 Å². The first-order chi connectivity index (χ1) is 12.3. The summed E-state index contributed by atoms with van der Waals surface area (Å²) in [5, 5.41) is 12.9. The van der Waals surface area contributed by atoms with Gasteiger partial charge in [-0.3, -0.25) is 4.98 Å². The maximum Gasteiger partial charge on any atom is 0.204 e. The zero-order valence-electron chi connectivity index (χ0n) is 14.3. The van der Waals surface area contributed by atoms with Crippen LogP contribution in [0.25, 0.3) is 22.5 Å². The van der Waals surface area contributed by atoms with Gasteiger partial charge in [0.1, 0.15) is 0 Å². The highest BCUT2D eigenvalue weighted by molar-refractivity contribution is 5.69. The lowest BCUT2D eigenvalue weighted by Crippen LogP contribution is -2.25. The molecule has 1 saturated heterocycles. The van der Waals surface area contributed by atoms with Crippen LogP contribution in [-0.2, 0) is 11.3 Å². The van der Waals surface area contributed by atoms with E-state index in [2.05, 4.69) is 38.6 Å². The predicted molar refractivity (Wildman–Crippen MR) is 94.8 cm³/mol. The predicted octanol–water partition coefficient (Wildman–Crippen LogP) is 3.28. The van der Waals surface area contributed by atoms with E-state index in [-0.39, 0.29) is 6.10 Å². The van der Waals surface area contributed by atoms with Gasteiger partial charge >= 0.3 is 0 Å². The number of aromatic nitrogens is 5. The Morgan fingerprint density at radius 3 is 2.84 bits per heavy atom. The highest BCUT2D eigenvalue weighted by Gasteiger charge is 2.16. The maximum absolute atomic E-state index is 5.75. The van der Waals surface area contributed by atoms with E-state index >= 15 is 0 Å². The van der Waals surface area contributed by atoms with Crippen molar-refractivity contribution in [3.05, 3.63) is 48.3 Å². The second-order valence-corrected chi connectivity index (χ2v) is 6.43. The van der Waals surface area contributed by atoms with Gasteiger partial charge in [-0.15, -0.1) is 10.2 Å². The van der Waals surface area contributed by atoms with Crippen molar-refractivity contribution in [2.75, 3.05) is 6.61 Å². The van der Waals surface area contributed by atoms with Gasteiger partial charge < -0.3 is 4.74 Å². The molecule has 2 aromatic heterocycles. The Morgan fingerprint density at radius 2 is 2.04 bits per heavy atom. The number of tetrazole rings is 1. The van der Waals surface area contributed by atoms with Crippen LogP contribution in [0.3, 0.4) is 0 Å². The van der Waals surface area contributed by atoms with Gasteiger partial charge in [-0.1, -0.05) is 24.3 Å². The minimum Gasteiger partial charge on any atom is -0.376 e. The zero-order valence-corrected chi connectivity index (χ0v) is 14.3. The number of hydrogen-bond donors (Lipinski definition) is 0. The lowest BCUT2D eigenvalue weighted by atomic mass is 10.0. The Hall–Kier alpha value is -2.60. The first-order valence-electron chi connectivity index (χ1n) is 8.71. The Labute approximate surface area is 146 Å². The van der Waals surface area contributed by atoms with E-state index in [0.717, 1.165) is 41.8 Å². The Kier molecular flexibility index (Phi) is 4.52. The van der Waals surface area contributed by atoms with Crippen molar-refractivity contribution in [2.45, 2.75) is 38.8 Å². The van der Waals surface area contributed by atoms with Crippen LogP contribution in [-0.4, -0.2) is 37.9 Å². The van der Waals surface area contributed by atoms with Gasteiger partial charge in [0.2, 0.25) is 5.82 Å². The van der Waals surface area contributed by atoms with Gasteiger partial charge in [0.05, 0.1) is 12.6 Å². The molecule has 1 aliphatic heterocycles. The number of rotatable bonds is 4. The maximum atomic E-state index is 5.75. The van der Waals surface area contributed by atoms with E-state index in [9.17, 15) is 0 Å². The molecule has 0 amide bonds. The molecule has 1 aliphatic rings. The van der Waals surface area contributed by atoms with Crippen molar-refractivity contribution in [1.82, 2.24) is 25.2 Å². The van der Waals surface area contributed by atoms with Gasteiger partial charge in [0.25, 0.3) is 0 Å². The third kappa shape index (κ3) is 3.74. The quantitative estimate of drug-likeness (QED) is 0.732. The molecular weight excluding hydrogens is 314 g/mol. The molecule has 0 radical (unpaired) electrons. The summed E-state index contributed by atoms with van der Waals surface area (Å²) in [6, 6.07) is 12.2. The summed E-state index contributed by atoms with van der Waals surface area (Å²) in [6.07, 6.45) is 5.50. The van der Waals surface area contributed by atoms with Crippen molar-refractivity contribution in [3.8, 4) is 22.5 Å². The SMILES string of the molecule is Cc1ccc(-c2cccc(-c3nnn(C[C@H]4CCCCO4)n3)c2)cn1. The molecule has 3 heterocycles. The van der Waals surface area contributed by atoms with Gasteiger partial charge in [0.15, 0.2) is 0 Å². The molecule has 0 aliphatic carbocycles. The van der Waals surface area contributed by atoms with E-state index in [0.29, 0.717) is 12.4 Å². The third-order valence-electron chi connectivity index (χ3n) is 4.46. The molecule has 0 saturated carbocycles. The summed E-state index contributed by atoms with van der Waals surface area (Å²) in [4.78, 5) is 6.01. The second-order valence-electron chi connectivity index (χ2n) is 6.43. The number of nitrogens with zero attached hydrogens (tertiary/aromatic N) is 5. The Morgan fingerprint density at radius 1 is 1.12 bits per heavy atom. The van der Waals surface area contributed by atoms with Gasteiger partial charge in [0, 0.05) is 29.6 Å². The molecule has 3 aromatic rings. The van der Waals surface area contributed by atoms with Crippen LogP contribution in [0.1, 0.15) is 25.0 Å². The van der Waals surface area contributed by atoms with Crippen LogP contribution in [0.15, 0.2) is 42.6 Å². The van der Waals surface area contributed by atoms with E-state index in [1.165, 1.54) is 6.42 Å². The number of hydrogen-bond acceptors (Lipinski definition) is 5. The molecule has 1 atom stereocenters. The van der Waals surface area contributed by atoms with Crippen LogP contribution < -0.4 is 0 Å². The summed E-state index contributed by atoms with van der Waals surface area (Å²) in [6.45, 7) is 3.48. The molecule has 6 heteroatoms. The molecule has 6 nitrogen and oxygen atoms in total. The lowest BCUT2D eigenvalue weighted by molar-refractivity contribution is 0.00133. The highest BCUT2D eigenvalue weighted by atomic mass is 16.5. The number of pyridine rings is 1. The van der Waals surface area contributed by atoms with Gasteiger partial charge in [-0.2, -0.15) is 4.80 Å². The van der Waals surface area contributed by atoms with Crippen molar-refractivity contribution < 1.29 is 4.74 Å². The zero-order chi connectivity index (χ0) is 17.1. The van der Waals surface area contributed by atoms with E-state index in [4.69, 9.17) is 4.74 Å². The van der Waals surface area contributed by atoms with Crippen molar-refractivity contribution in [1.29, 1.82) is 0 Å². The van der Waals surface area contributed by atoms with Crippen molar-refractivity contribution in [3.63, 3.8) is 0 Å². The third-order valence-corrected chi connectivity index (χ3v) is 4.46. The van der Waals surface area contributed by atoms with E-state index in [1.54, 1.807) is 4.80 Å². The molecule has 25 heavy (non-hydrogen) atoms. The lowest BCUT2D eigenvalue weighted by Gasteiger charge is -2.21. The standard InChI is InChI=1S/C19H21N5O/c1-14-8-9-17(12-20-14)15-5-4-6-16(11-15)19-21-23-24(22-19)13-18-7-2-3-10-25-18/h4-6,8-9,11-12,18H,2-3,7,10,13H2,1H3/t18-/m1/s1. The van der Waals surface area contributed by atoms with Gasteiger partial charge in [-0.25, -0.2) is 0 Å². The topological polar surface area (TPSA) is 65.7 Å². The first-order valence-corrected chi connectivity index (χ1v) is 8.71. The molecule has 0 unspecified atom stereocenters. The van der Waals surface area contributed by atoms with E-state index < -0.39 is 0 Å². The van der Waals surface area contributed by atoms with Crippen LogP contribution >= 0.6 is 0 Å². The largest absolute Gasteiger partial charge is 0.376 e. The second kappa shape index (κ2) is 7.11. The average Bonchev–Trinajstić information content (AvgIpc) is 3.12. The molecule has 0 spiro atoms. The highest BCUT2D eigenvalue weighted by Crippen LogP contribution is 2.24. The molecule has 1 fully saturated rings. The molecule has 128 valence electrons. The van der Waals surface area contributed by atoms with E-state index in [1.807, 2.05) is 31.3 Å². The summed E-state index contributed by atoms with van der Waals surface area (Å²) in [7, 11) is 0. The molecule has 0 bridgehead atoms. The van der Waals surface area contributed by atoms with Crippen molar-refractivity contribution in [2.24, 2.45) is 0 Å². The summed E-state index contributed by atoms with van der Waals surface area (Å²) in [5.74, 6) is 0.637. The molecular formula is C19H21N5O. The molecule has 1 aromatic carbocycles. The minimum atomic E-state index is 0.195. The average molecular weight is 335 g/mol.